The molecular weight excluding hydrogens is 434 g/mol. The van der Waals surface area contributed by atoms with Gasteiger partial charge in [-0.1, -0.05) is 24.3 Å². The van der Waals surface area contributed by atoms with Crippen LogP contribution in [0.25, 0.3) is 6.08 Å². The van der Waals surface area contributed by atoms with Gasteiger partial charge in [-0.25, -0.2) is 4.99 Å². The molecule has 0 fully saturated rings. The second-order valence-electron chi connectivity index (χ2n) is 6.04. The lowest BCUT2D eigenvalue weighted by Gasteiger charge is -2.25. The highest BCUT2D eigenvalue weighted by Gasteiger charge is 2.36. The standard InChI is InChI=1S/C19H12F6N2O4/c20-18(21,22)30-14-7-5-11(9-15(14)31-19(23,24)25)6-8-16(28)27-10-26-17(29)12-3-1-2-4-13(12)27/h1-10,17,29H. The maximum atomic E-state index is 12.5. The SMILES string of the molecule is O=C(C=Cc1ccc(OC(F)(F)F)c(OC(F)(F)F)c1)N1C=NC(O)c2ccccc21. The average molecular weight is 446 g/mol. The number of carbonyl (C=O) groups is 1. The van der Waals surface area contributed by atoms with Crippen molar-refractivity contribution in [3.05, 3.63) is 59.7 Å². The molecule has 0 spiro atoms. The third-order valence-corrected chi connectivity index (χ3v) is 3.87. The number of ether oxygens (including phenoxy) is 2. The summed E-state index contributed by atoms with van der Waals surface area (Å²) in [5.74, 6) is -3.09. The molecule has 1 aliphatic rings. The number of rotatable bonds is 4. The Balaban J connectivity index is 1.85. The lowest BCUT2D eigenvalue weighted by molar-refractivity contribution is -0.287. The van der Waals surface area contributed by atoms with Crippen LogP contribution in [-0.4, -0.2) is 30.1 Å². The van der Waals surface area contributed by atoms with E-state index in [1.165, 1.54) is 0 Å². The van der Waals surface area contributed by atoms with Crippen molar-refractivity contribution in [2.45, 2.75) is 19.0 Å². The fourth-order valence-electron chi connectivity index (χ4n) is 2.66. The Morgan fingerprint density at radius 3 is 2.32 bits per heavy atom. The Labute approximate surface area is 170 Å². The van der Waals surface area contributed by atoms with Crippen LogP contribution in [0.5, 0.6) is 11.5 Å². The fourth-order valence-corrected chi connectivity index (χ4v) is 2.66. The molecule has 12 heteroatoms. The van der Waals surface area contributed by atoms with Crippen LogP contribution in [0, 0.1) is 0 Å². The van der Waals surface area contributed by atoms with Crippen molar-refractivity contribution >= 4 is 24.0 Å². The van der Waals surface area contributed by atoms with Crippen LogP contribution in [0.3, 0.4) is 0 Å². The molecule has 1 heterocycles. The van der Waals surface area contributed by atoms with E-state index in [0.717, 1.165) is 29.5 Å². The predicted octanol–water partition coefficient (Wildman–Crippen LogP) is 4.56. The van der Waals surface area contributed by atoms with Crippen molar-refractivity contribution in [2.24, 2.45) is 4.99 Å². The van der Waals surface area contributed by atoms with Crippen LogP contribution in [0.2, 0.25) is 0 Å². The van der Waals surface area contributed by atoms with Gasteiger partial charge >= 0.3 is 12.7 Å². The summed E-state index contributed by atoms with van der Waals surface area (Å²) < 4.78 is 82.0. The van der Waals surface area contributed by atoms with E-state index < -0.39 is 36.4 Å². The molecule has 1 unspecified atom stereocenters. The Morgan fingerprint density at radius 2 is 1.65 bits per heavy atom. The van der Waals surface area contributed by atoms with Gasteiger partial charge in [0.25, 0.3) is 5.91 Å². The van der Waals surface area contributed by atoms with Crippen LogP contribution in [0.1, 0.15) is 17.4 Å². The number of alkyl halides is 6. The van der Waals surface area contributed by atoms with Crippen molar-refractivity contribution in [3.8, 4) is 11.5 Å². The highest BCUT2D eigenvalue weighted by Crippen LogP contribution is 2.37. The molecule has 3 rings (SSSR count). The molecule has 0 saturated carbocycles. The Kier molecular flexibility index (Phi) is 5.93. The molecule has 1 amide bonds. The second-order valence-corrected chi connectivity index (χ2v) is 6.04. The molecule has 0 bridgehead atoms. The highest BCUT2D eigenvalue weighted by atomic mass is 19.4. The van der Waals surface area contributed by atoms with Gasteiger partial charge in [-0.3, -0.25) is 9.69 Å². The molecular formula is C19H12F6N2O4. The Morgan fingerprint density at radius 1 is 1.00 bits per heavy atom. The van der Waals surface area contributed by atoms with Gasteiger partial charge in [0.15, 0.2) is 17.7 Å². The maximum Gasteiger partial charge on any atom is 0.573 e. The van der Waals surface area contributed by atoms with E-state index in [9.17, 15) is 36.2 Å². The number of aliphatic imine (C=N–C) groups is 1. The summed E-state index contributed by atoms with van der Waals surface area (Å²) in [6.45, 7) is 0. The van der Waals surface area contributed by atoms with Gasteiger partial charge in [-0.05, 0) is 29.8 Å². The van der Waals surface area contributed by atoms with Crippen LogP contribution < -0.4 is 14.4 Å². The number of nitrogens with zero attached hydrogens (tertiary/aromatic N) is 2. The first-order valence-corrected chi connectivity index (χ1v) is 8.40. The maximum absolute atomic E-state index is 12.5. The van der Waals surface area contributed by atoms with Crippen LogP contribution in [0.4, 0.5) is 32.0 Å². The monoisotopic (exact) mass is 446 g/mol. The smallest absolute Gasteiger partial charge is 0.402 e. The molecule has 6 nitrogen and oxygen atoms in total. The number of aliphatic hydroxyl groups is 1. The number of hydrogen-bond acceptors (Lipinski definition) is 5. The zero-order valence-corrected chi connectivity index (χ0v) is 15.2. The minimum Gasteiger partial charge on any atom is -0.402 e. The van der Waals surface area contributed by atoms with Gasteiger partial charge in [0, 0.05) is 11.6 Å². The molecule has 2 aromatic carbocycles. The van der Waals surface area contributed by atoms with E-state index in [0.29, 0.717) is 23.4 Å². The minimum absolute atomic E-state index is 0.0654. The predicted molar refractivity (Wildman–Crippen MR) is 96.2 cm³/mol. The highest BCUT2D eigenvalue weighted by molar-refractivity contribution is 6.15. The summed E-state index contributed by atoms with van der Waals surface area (Å²) in [6, 6.07) is 8.64. The van der Waals surface area contributed by atoms with Crippen LogP contribution in [-0.2, 0) is 4.79 Å². The van der Waals surface area contributed by atoms with Crippen molar-refractivity contribution in [1.29, 1.82) is 0 Å². The Bertz CT molecular complexity index is 1030. The van der Waals surface area contributed by atoms with Crippen molar-refractivity contribution in [3.63, 3.8) is 0 Å². The summed E-state index contributed by atoms with van der Waals surface area (Å²) in [4.78, 5) is 17.3. The van der Waals surface area contributed by atoms with Crippen molar-refractivity contribution in [2.75, 3.05) is 4.90 Å². The topological polar surface area (TPSA) is 71.4 Å². The molecule has 0 radical (unpaired) electrons. The molecule has 0 aromatic heterocycles. The molecule has 1 aliphatic heterocycles. The van der Waals surface area contributed by atoms with Crippen LogP contribution in [0.15, 0.2) is 53.5 Å². The van der Waals surface area contributed by atoms with Crippen molar-refractivity contribution in [1.82, 2.24) is 0 Å². The first-order chi connectivity index (χ1) is 14.4. The van der Waals surface area contributed by atoms with E-state index in [-0.39, 0.29) is 5.56 Å². The lowest BCUT2D eigenvalue weighted by Crippen LogP contribution is -2.31. The number of amides is 1. The summed E-state index contributed by atoms with van der Waals surface area (Å²) >= 11 is 0. The molecule has 0 saturated heterocycles. The minimum atomic E-state index is -5.27. The zero-order valence-electron chi connectivity index (χ0n) is 15.2. The third-order valence-electron chi connectivity index (χ3n) is 3.87. The summed E-state index contributed by atoms with van der Waals surface area (Å²) in [6.07, 6.45) is -8.54. The molecule has 0 aliphatic carbocycles. The number of hydrogen-bond donors (Lipinski definition) is 1. The number of anilines is 1. The van der Waals surface area contributed by atoms with Gasteiger partial charge in [0.1, 0.15) is 6.34 Å². The third kappa shape index (κ3) is 5.75. The number of aliphatic hydroxyl groups excluding tert-OH is 1. The van der Waals surface area contributed by atoms with E-state index in [2.05, 4.69) is 14.5 Å². The second kappa shape index (κ2) is 8.30. The van der Waals surface area contributed by atoms with Gasteiger partial charge in [-0.2, -0.15) is 0 Å². The van der Waals surface area contributed by atoms with Gasteiger partial charge in [-0.15, -0.1) is 26.3 Å². The normalized spacial score (nSPS) is 16.4. The number of fused-ring (bicyclic) bond motifs is 1. The summed E-state index contributed by atoms with van der Waals surface area (Å²) in [7, 11) is 0. The lowest BCUT2D eigenvalue weighted by atomic mass is 10.1. The fraction of sp³-hybridized carbons (Fsp3) is 0.158. The van der Waals surface area contributed by atoms with E-state index >= 15 is 0 Å². The molecule has 2 aromatic rings. The van der Waals surface area contributed by atoms with E-state index in [1.807, 2.05) is 0 Å². The zero-order chi connectivity index (χ0) is 22.8. The van der Waals surface area contributed by atoms with Crippen LogP contribution >= 0.6 is 0 Å². The number of carbonyl (C=O) groups excluding carboxylic acids is 1. The first-order valence-electron chi connectivity index (χ1n) is 8.40. The van der Waals surface area contributed by atoms with Crippen molar-refractivity contribution < 1.29 is 45.7 Å². The number of halogens is 6. The molecule has 1 N–H and O–H groups in total. The molecule has 1 atom stereocenters. The summed E-state index contributed by atoms with van der Waals surface area (Å²) in [5, 5.41) is 9.85. The van der Waals surface area contributed by atoms with Gasteiger partial charge in [0.2, 0.25) is 0 Å². The Hall–Kier alpha value is -3.54. The van der Waals surface area contributed by atoms with E-state index in [1.54, 1.807) is 24.3 Å². The summed E-state index contributed by atoms with van der Waals surface area (Å²) in [5.41, 5.74) is 0.639. The van der Waals surface area contributed by atoms with Gasteiger partial charge in [0.05, 0.1) is 5.69 Å². The molecule has 31 heavy (non-hydrogen) atoms. The molecule has 164 valence electrons. The average Bonchev–Trinajstić information content (AvgIpc) is 2.66. The quantitative estimate of drug-likeness (QED) is 0.552. The largest absolute Gasteiger partial charge is 0.573 e. The van der Waals surface area contributed by atoms with E-state index in [4.69, 9.17) is 0 Å². The van der Waals surface area contributed by atoms with Gasteiger partial charge < -0.3 is 14.6 Å². The first kappa shape index (κ1) is 22.2. The number of benzene rings is 2. The number of para-hydroxylation sites is 1.